The molecule has 4 atom stereocenters. The molecule has 1 heterocycles. The van der Waals surface area contributed by atoms with Crippen LogP contribution in [0.2, 0.25) is 0 Å². The van der Waals surface area contributed by atoms with Crippen molar-refractivity contribution in [3.05, 3.63) is 118 Å². The van der Waals surface area contributed by atoms with Crippen LogP contribution in [0.5, 0.6) is 0 Å². The molecule has 0 bridgehead atoms. The van der Waals surface area contributed by atoms with Gasteiger partial charge in [0, 0.05) is 4.91 Å². The average molecular weight is 503 g/mol. The highest BCUT2D eigenvalue weighted by Gasteiger charge is 2.52. The van der Waals surface area contributed by atoms with Crippen LogP contribution in [-0.4, -0.2) is 49.1 Å². The highest BCUT2D eigenvalue weighted by atomic mass is 16.8. The van der Waals surface area contributed by atoms with Crippen LogP contribution in [0.3, 0.4) is 0 Å². The van der Waals surface area contributed by atoms with Crippen molar-refractivity contribution in [2.45, 2.75) is 24.6 Å². The maximum absolute atomic E-state index is 12.9. The van der Waals surface area contributed by atoms with Crippen molar-refractivity contribution in [1.29, 1.82) is 0 Å². The van der Waals surface area contributed by atoms with E-state index in [4.69, 9.17) is 29.3 Å². The summed E-state index contributed by atoms with van der Waals surface area (Å²) in [5, 5.41) is 3.05. The molecular weight excluding hydrogens is 482 g/mol. The van der Waals surface area contributed by atoms with Crippen LogP contribution in [0, 0.1) is 0 Å². The van der Waals surface area contributed by atoms with E-state index in [0.29, 0.717) is 5.56 Å². The number of nitrogens with zero attached hydrogens (tertiary/aromatic N) is 3. The van der Waals surface area contributed by atoms with Crippen molar-refractivity contribution >= 4 is 17.9 Å². The van der Waals surface area contributed by atoms with Crippen LogP contribution in [-0.2, 0) is 23.8 Å². The fourth-order valence-corrected chi connectivity index (χ4v) is 3.59. The van der Waals surface area contributed by atoms with Crippen LogP contribution in [0.4, 0.5) is 0 Å². The van der Waals surface area contributed by atoms with Crippen molar-refractivity contribution in [1.82, 2.24) is 0 Å². The molecule has 0 amide bonds. The number of rotatable bonds is 9. The minimum atomic E-state index is -1.45. The first-order valence-electron chi connectivity index (χ1n) is 11.2. The summed E-state index contributed by atoms with van der Waals surface area (Å²) in [4.78, 5) is 45.7. The molecular formula is C26H21N3O8. The second-order valence-corrected chi connectivity index (χ2v) is 7.76. The Morgan fingerprint density at radius 1 is 0.730 bits per heavy atom. The van der Waals surface area contributed by atoms with E-state index < -0.39 is 42.5 Å². The lowest BCUT2D eigenvalue weighted by Crippen LogP contribution is -2.42. The summed E-state index contributed by atoms with van der Waals surface area (Å²) < 4.78 is 22.3. The van der Waals surface area contributed by atoms with E-state index in [1.165, 1.54) is 12.1 Å². The normalized spacial score (nSPS) is 20.2. The zero-order valence-electron chi connectivity index (χ0n) is 19.3. The van der Waals surface area contributed by atoms with E-state index in [-0.39, 0.29) is 17.7 Å². The molecule has 1 saturated heterocycles. The van der Waals surface area contributed by atoms with Gasteiger partial charge in [0.2, 0.25) is 12.4 Å². The van der Waals surface area contributed by atoms with Crippen LogP contribution in [0.15, 0.2) is 96.3 Å². The maximum atomic E-state index is 12.9. The van der Waals surface area contributed by atoms with Crippen molar-refractivity contribution in [2.75, 3.05) is 6.61 Å². The van der Waals surface area contributed by atoms with E-state index in [0.717, 1.165) is 0 Å². The molecule has 0 spiro atoms. The van der Waals surface area contributed by atoms with Crippen LogP contribution in [0.1, 0.15) is 31.1 Å². The Morgan fingerprint density at radius 3 is 1.68 bits per heavy atom. The summed E-state index contributed by atoms with van der Waals surface area (Å²) in [5.74, 6) is -2.14. The third-order valence-corrected chi connectivity index (χ3v) is 5.35. The summed E-state index contributed by atoms with van der Waals surface area (Å²) in [6.07, 6.45) is -5.19. The number of azide groups is 1. The molecule has 1 fully saturated rings. The molecule has 37 heavy (non-hydrogen) atoms. The number of carbonyl (C=O) groups excluding carboxylic acids is 3. The van der Waals surface area contributed by atoms with Crippen LogP contribution < -0.4 is 0 Å². The highest BCUT2D eigenvalue weighted by molar-refractivity contribution is 5.90. The zero-order valence-corrected chi connectivity index (χ0v) is 19.3. The van der Waals surface area contributed by atoms with E-state index in [2.05, 4.69) is 10.2 Å². The third kappa shape index (κ3) is 6.43. The lowest BCUT2D eigenvalue weighted by Gasteiger charge is -2.23. The molecule has 0 unspecified atom stereocenters. The van der Waals surface area contributed by atoms with Gasteiger partial charge < -0.3 is 23.8 Å². The summed E-state index contributed by atoms with van der Waals surface area (Å²) in [7, 11) is 0. The minimum Gasteiger partial charge on any atom is -0.459 e. The summed E-state index contributed by atoms with van der Waals surface area (Å²) in [6, 6.07) is 24.5. The van der Waals surface area contributed by atoms with Gasteiger partial charge in [0.1, 0.15) is 18.0 Å². The van der Waals surface area contributed by atoms with Gasteiger partial charge in [-0.1, -0.05) is 54.6 Å². The molecule has 11 nitrogen and oxygen atoms in total. The van der Waals surface area contributed by atoms with E-state index in [1.54, 1.807) is 78.9 Å². The molecule has 4 rings (SSSR count). The Morgan fingerprint density at radius 2 is 1.19 bits per heavy atom. The molecule has 0 radical (unpaired) electrons. The Balaban J connectivity index is 1.58. The number of benzene rings is 3. The van der Waals surface area contributed by atoms with Gasteiger partial charge in [-0.25, -0.2) is 14.4 Å². The lowest BCUT2D eigenvalue weighted by molar-refractivity contribution is -0.172. The Bertz CT molecular complexity index is 1270. The minimum absolute atomic E-state index is 0.220. The topological polar surface area (TPSA) is 146 Å². The largest absolute Gasteiger partial charge is 0.459 e. The van der Waals surface area contributed by atoms with Gasteiger partial charge in [0.25, 0.3) is 0 Å². The van der Waals surface area contributed by atoms with Crippen molar-refractivity contribution in [3.8, 4) is 0 Å². The second kappa shape index (κ2) is 12.2. The highest BCUT2D eigenvalue weighted by Crippen LogP contribution is 2.30. The fraction of sp³-hybridized carbons (Fsp3) is 0.192. The predicted octanol–water partition coefficient (Wildman–Crippen LogP) is 4.26. The SMILES string of the molecule is [N-]=[N+]=NO[C@H]1O[C@H](COC(=O)c2ccccc2)[C@@H](OC(=O)c2ccccc2)[C@H]1OC(=O)c1ccccc1. The van der Waals surface area contributed by atoms with Crippen molar-refractivity contribution in [3.63, 3.8) is 0 Å². The monoisotopic (exact) mass is 503 g/mol. The van der Waals surface area contributed by atoms with Crippen molar-refractivity contribution in [2.24, 2.45) is 5.28 Å². The van der Waals surface area contributed by atoms with Gasteiger partial charge in [0.15, 0.2) is 6.10 Å². The fourth-order valence-electron chi connectivity index (χ4n) is 3.59. The Labute approximate surface area is 211 Å². The molecule has 3 aromatic rings. The van der Waals surface area contributed by atoms with Gasteiger partial charge in [-0.05, 0) is 41.9 Å². The van der Waals surface area contributed by atoms with E-state index in [9.17, 15) is 14.4 Å². The van der Waals surface area contributed by atoms with E-state index >= 15 is 0 Å². The number of ether oxygens (including phenoxy) is 4. The molecule has 1 aliphatic rings. The third-order valence-electron chi connectivity index (χ3n) is 5.35. The lowest BCUT2D eigenvalue weighted by atomic mass is 10.1. The molecule has 188 valence electrons. The number of hydrogen-bond donors (Lipinski definition) is 0. The molecule has 0 aromatic heterocycles. The first-order valence-corrected chi connectivity index (χ1v) is 11.2. The summed E-state index contributed by atoms with van der Waals surface area (Å²) in [6.45, 7) is -0.379. The molecule has 0 saturated carbocycles. The quantitative estimate of drug-likeness (QED) is 0.105. The molecule has 3 aromatic carbocycles. The Kier molecular flexibility index (Phi) is 8.33. The van der Waals surface area contributed by atoms with Gasteiger partial charge >= 0.3 is 17.9 Å². The van der Waals surface area contributed by atoms with Crippen LogP contribution >= 0.6 is 0 Å². The standard InChI is InChI=1S/C26H21N3O8/c27-28-29-37-26-22(36-25(32)19-14-8-3-9-15-19)21(35-24(31)18-12-6-2-7-13-18)20(34-26)16-33-23(30)17-10-4-1-5-11-17/h1-15,20-22,26H,16H2/t20-,21-,22-,26-/m1/s1. The zero-order chi connectivity index (χ0) is 26.0. The Hall–Kier alpha value is -4.86. The first kappa shape index (κ1) is 25.2. The average Bonchev–Trinajstić information content (AvgIpc) is 3.27. The van der Waals surface area contributed by atoms with E-state index in [1.807, 2.05) is 0 Å². The molecule has 1 aliphatic heterocycles. The van der Waals surface area contributed by atoms with Gasteiger partial charge in [-0.2, -0.15) is 0 Å². The van der Waals surface area contributed by atoms with Crippen molar-refractivity contribution < 1.29 is 38.2 Å². The molecule has 0 N–H and O–H groups in total. The van der Waals surface area contributed by atoms with Crippen LogP contribution in [0.25, 0.3) is 10.4 Å². The summed E-state index contributed by atoms with van der Waals surface area (Å²) >= 11 is 0. The first-order chi connectivity index (χ1) is 18.1. The number of esters is 3. The summed E-state index contributed by atoms with van der Waals surface area (Å²) in [5.41, 5.74) is 9.47. The van der Waals surface area contributed by atoms with Gasteiger partial charge in [-0.3, -0.25) is 0 Å². The predicted molar refractivity (Wildman–Crippen MR) is 127 cm³/mol. The smallest absolute Gasteiger partial charge is 0.338 e. The number of hydrogen-bond acceptors (Lipinski definition) is 9. The molecule has 0 aliphatic carbocycles. The second-order valence-electron chi connectivity index (χ2n) is 7.76. The molecule has 11 heteroatoms. The maximum Gasteiger partial charge on any atom is 0.338 e. The van der Waals surface area contributed by atoms with Gasteiger partial charge in [-0.15, -0.1) is 0 Å². The number of carbonyl (C=O) groups is 3. The van der Waals surface area contributed by atoms with Gasteiger partial charge in [0.05, 0.1) is 16.7 Å².